The van der Waals surface area contributed by atoms with Gasteiger partial charge in [0.2, 0.25) is 5.65 Å². The average molecular weight is 493 g/mol. The summed E-state index contributed by atoms with van der Waals surface area (Å²) >= 11 is 0. The molecule has 0 unspecified atom stereocenters. The maximum atomic E-state index is 13.4. The molecule has 1 amide bonds. The van der Waals surface area contributed by atoms with Crippen molar-refractivity contribution in [1.82, 2.24) is 24.5 Å². The number of aromatic amines is 1. The molecule has 37 heavy (non-hydrogen) atoms. The van der Waals surface area contributed by atoms with E-state index in [1.165, 1.54) is 11.1 Å². The number of aromatic nitrogens is 4. The molecule has 0 aliphatic carbocycles. The number of amides is 1. The van der Waals surface area contributed by atoms with E-state index in [0.717, 1.165) is 43.0 Å². The summed E-state index contributed by atoms with van der Waals surface area (Å²) in [6.07, 6.45) is 1.62. The number of piperazine rings is 1. The average Bonchev–Trinajstić information content (AvgIpc) is 3.38. The molecule has 0 bridgehead atoms. The van der Waals surface area contributed by atoms with Gasteiger partial charge in [0.15, 0.2) is 0 Å². The van der Waals surface area contributed by atoms with Crippen molar-refractivity contribution in [3.05, 3.63) is 94.5 Å². The van der Waals surface area contributed by atoms with Crippen molar-refractivity contribution in [3.63, 3.8) is 0 Å². The summed E-state index contributed by atoms with van der Waals surface area (Å²) in [5.74, 6) is 0.721. The van der Waals surface area contributed by atoms with Crippen molar-refractivity contribution in [2.45, 2.75) is 19.8 Å². The van der Waals surface area contributed by atoms with Gasteiger partial charge in [0.1, 0.15) is 5.82 Å². The molecule has 1 aliphatic heterocycles. The molecule has 6 rings (SSSR count). The van der Waals surface area contributed by atoms with E-state index in [9.17, 15) is 9.59 Å². The Morgan fingerprint density at radius 1 is 0.892 bits per heavy atom. The number of carbonyl (C=O) groups excluding carboxylic acids is 1. The van der Waals surface area contributed by atoms with Crippen LogP contribution in [0.3, 0.4) is 0 Å². The van der Waals surface area contributed by atoms with Gasteiger partial charge in [-0.2, -0.15) is 0 Å². The summed E-state index contributed by atoms with van der Waals surface area (Å²) < 4.78 is 1.80. The molecular weight excluding hydrogens is 464 g/mol. The summed E-state index contributed by atoms with van der Waals surface area (Å²) in [7, 11) is 0. The zero-order valence-electron chi connectivity index (χ0n) is 20.7. The van der Waals surface area contributed by atoms with Crippen LogP contribution in [0, 0.1) is 0 Å². The maximum Gasteiger partial charge on any atom is 0.294 e. The predicted molar refractivity (Wildman–Crippen MR) is 145 cm³/mol. The first-order chi connectivity index (χ1) is 18.1. The number of nitrogens with zero attached hydrogens (tertiary/aromatic N) is 5. The fourth-order valence-corrected chi connectivity index (χ4v) is 5.11. The quantitative estimate of drug-likeness (QED) is 0.398. The molecule has 0 saturated carbocycles. The summed E-state index contributed by atoms with van der Waals surface area (Å²) in [4.78, 5) is 33.1. The zero-order chi connectivity index (χ0) is 25.4. The topological polar surface area (TPSA) is 86.6 Å². The minimum absolute atomic E-state index is 0.0296. The van der Waals surface area contributed by atoms with E-state index in [1.807, 2.05) is 35.2 Å². The summed E-state index contributed by atoms with van der Waals surface area (Å²) in [5.41, 5.74) is 5.48. The number of hydrogen-bond donors (Lipinski definition) is 1. The minimum Gasteiger partial charge on any atom is -0.368 e. The number of nitrogens with one attached hydrogen (secondary N) is 1. The Balaban J connectivity index is 1.21. The molecule has 186 valence electrons. The van der Waals surface area contributed by atoms with Crippen molar-refractivity contribution in [1.29, 1.82) is 0 Å². The molecule has 3 aromatic carbocycles. The lowest BCUT2D eigenvalue weighted by molar-refractivity contribution is 0.0747. The van der Waals surface area contributed by atoms with Crippen molar-refractivity contribution in [2.24, 2.45) is 0 Å². The van der Waals surface area contributed by atoms with Crippen LogP contribution in [0.1, 0.15) is 29.5 Å². The first-order valence-electron chi connectivity index (χ1n) is 12.7. The Morgan fingerprint density at radius 2 is 1.68 bits per heavy atom. The van der Waals surface area contributed by atoms with E-state index >= 15 is 0 Å². The van der Waals surface area contributed by atoms with Crippen LogP contribution in [0.4, 0.5) is 5.69 Å². The van der Waals surface area contributed by atoms with Gasteiger partial charge in [0, 0.05) is 43.9 Å². The highest BCUT2D eigenvalue weighted by Crippen LogP contribution is 2.26. The minimum atomic E-state index is -0.307. The van der Waals surface area contributed by atoms with E-state index in [2.05, 4.69) is 63.4 Å². The number of carbonyl (C=O) groups is 1. The van der Waals surface area contributed by atoms with Gasteiger partial charge >= 0.3 is 0 Å². The van der Waals surface area contributed by atoms with E-state index in [-0.39, 0.29) is 17.1 Å². The lowest BCUT2D eigenvalue weighted by atomic mass is 10.0. The van der Waals surface area contributed by atoms with Crippen molar-refractivity contribution in [3.8, 4) is 11.1 Å². The number of benzene rings is 3. The third kappa shape index (κ3) is 4.24. The Kier molecular flexibility index (Phi) is 5.92. The number of hydrogen-bond acceptors (Lipinski definition) is 5. The van der Waals surface area contributed by atoms with Gasteiger partial charge in [-0.1, -0.05) is 49.4 Å². The summed E-state index contributed by atoms with van der Waals surface area (Å²) in [6, 6.07) is 24.4. The molecule has 1 N–H and O–H groups in total. The standard InChI is InChI=1S/C29H28N6O2/c1-2-7-26-31-32-27-28(36)30-24-19-22(12-13-25(24)35(26)27)29(37)34-16-14-33(15-17-34)23-11-6-10-21(18-23)20-8-4-3-5-9-20/h3-6,8-13,18-19H,2,7,14-17H2,1H3,(H,30,36). The molecule has 1 fully saturated rings. The molecule has 0 spiro atoms. The van der Waals surface area contributed by atoms with E-state index < -0.39 is 0 Å². The number of rotatable bonds is 5. The molecular formula is C29H28N6O2. The van der Waals surface area contributed by atoms with E-state index in [0.29, 0.717) is 24.2 Å². The van der Waals surface area contributed by atoms with Gasteiger partial charge in [-0.3, -0.25) is 14.0 Å². The predicted octanol–water partition coefficient (Wildman–Crippen LogP) is 4.15. The molecule has 1 saturated heterocycles. The molecule has 2 aromatic heterocycles. The molecule has 1 aliphatic rings. The van der Waals surface area contributed by atoms with Gasteiger partial charge in [-0.05, 0) is 47.9 Å². The zero-order valence-corrected chi connectivity index (χ0v) is 20.7. The summed E-state index contributed by atoms with van der Waals surface area (Å²) in [6.45, 7) is 4.85. The van der Waals surface area contributed by atoms with Crippen molar-refractivity contribution in [2.75, 3.05) is 31.1 Å². The Bertz CT molecular complexity index is 1650. The second-order valence-electron chi connectivity index (χ2n) is 9.41. The van der Waals surface area contributed by atoms with Crippen LogP contribution in [-0.4, -0.2) is 56.6 Å². The lowest BCUT2D eigenvalue weighted by Crippen LogP contribution is -2.48. The summed E-state index contributed by atoms with van der Waals surface area (Å²) in [5, 5.41) is 8.26. The van der Waals surface area contributed by atoms with Crippen LogP contribution in [0.5, 0.6) is 0 Å². The van der Waals surface area contributed by atoms with Gasteiger partial charge in [0.05, 0.1) is 11.0 Å². The second kappa shape index (κ2) is 9.54. The van der Waals surface area contributed by atoms with Gasteiger partial charge in [0.25, 0.3) is 11.5 Å². The third-order valence-corrected chi connectivity index (χ3v) is 7.02. The van der Waals surface area contributed by atoms with Gasteiger partial charge in [-0.25, -0.2) is 0 Å². The van der Waals surface area contributed by atoms with Gasteiger partial charge < -0.3 is 14.8 Å². The first-order valence-corrected chi connectivity index (χ1v) is 12.7. The molecule has 0 radical (unpaired) electrons. The molecule has 8 heteroatoms. The monoisotopic (exact) mass is 492 g/mol. The fraction of sp³-hybridized carbons (Fsp3) is 0.241. The van der Waals surface area contributed by atoms with Crippen molar-refractivity contribution >= 4 is 28.3 Å². The van der Waals surface area contributed by atoms with Crippen LogP contribution in [0.15, 0.2) is 77.6 Å². The SMILES string of the molecule is CCCc1nnc2c(=O)[nH]c3cc(C(=O)N4CCN(c5cccc(-c6ccccc6)c5)CC4)ccc3n12. The highest BCUT2D eigenvalue weighted by molar-refractivity contribution is 5.97. The Morgan fingerprint density at radius 3 is 2.46 bits per heavy atom. The largest absolute Gasteiger partial charge is 0.368 e. The highest BCUT2D eigenvalue weighted by Gasteiger charge is 2.23. The third-order valence-electron chi connectivity index (χ3n) is 7.02. The second-order valence-corrected chi connectivity index (χ2v) is 9.41. The lowest BCUT2D eigenvalue weighted by Gasteiger charge is -2.36. The van der Waals surface area contributed by atoms with Crippen molar-refractivity contribution < 1.29 is 4.79 Å². The number of fused-ring (bicyclic) bond motifs is 3. The molecule has 3 heterocycles. The van der Waals surface area contributed by atoms with Crippen LogP contribution < -0.4 is 10.5 Å². The Hall–Kier alpha value is -4.46. The molecule has 5 aromatic rings. The van der Waals surface area contributed by atoms with Crippen LogP contribution >= 0.6 is 0 Å². The Labute approximate surface area is 214 Å². The van der Waals surface area contributed by atoms with E-state index in [1.54, 1.807) is 10.5 Å². The number of aryl methyl sites for hydroxylation is 1. The maximum absolute atomic E-state index is 13.4. The van der Waals surface area contributed by atoms with Crippen LogP contribution in [0.25, 0.3) is 27.8 Å². The normalized spacial score (nSPS) is 14.0. The van der Waals surface area contributed by atoms with Gasteiger partial charge in [-0.15, -0.1) is 10.2 Å². The van der Waals surface area contributed by atoms with E-state index in [4.69, 9.17) is 0 Å². The number of H-pyrrole nitrogens is 1. The van der Waals surface area contributed by atoms with Crippen LogP contribution in [0.2, 0.25) is 0 Å². The fourth-order valence-electron chi connectivity index (χ4n) is 5.11. The molecule has 0 atom stereocenters. The number of anilines is 1. The van der Waals surface area contributed by atoms with Crippen LogP contribution in [-0.2, 0) is 6.42 Å². The highest BCUT2D eigenvalue weighted by atomic mass is 16.2. The first kappa shape index (κ1) is 23.0. The molecule has 8 nitrogen and oxygen atoms in total. The smallest absolute Gasteiger partial charge is 0.294 e.